The summed E-state index contributed by atoms with van der Waals surface area (Å²) in [5, 5.41) is 13.9. The number of halogens is 1. The first-order valence-corrected chi connectivity index (χ1v) is 14.2. The lowest BCUT2D eigenvalue weighted by atomic mass is 10.1. The third-order valence-electron chi connectivity index (χ3n) is 5.96. The van der Waals surface area contributed by atoms with Crippen molar-refractivity contribution in [1.82, 2.24) is 9.78 Å². The van der Waals surface area contributed by atoms with Gasteiger partial charge in [0.2, 0.25) is 0 Å². The molecule has 0 fully saturated rings. The van der Waals surface area contributed by atoms with Crippen LogP contribution in [0.2, 0.25) is 5.02 Å². The van der Waals surface area contributed by atoms with Gasteiger partial charge in [-0.15, -0.1) is 23.1 Å². The lowest BCUT2D eigenvalue weighted by Crippen LogP contribution is -2.21. The number of hydrazone groups is 1. The zero-order chi connectivity index (χ0) is 25.9. The number of thiophene rings is 1. The molecular weight excluding hydrogens is 532 g/mol. The van der Waals surface area contributed by atoms with Gasteiger partial charge in [-0.3, -0.25) is 4.79 Å². The molecule has 6 rings (SSSR count). The highest BCUT2D eigenvalue weighted by Crippen LogP contribution is 2.33. The maximum Gasteiger partial charge on any atom is 0.280 e. The minimum Gasteiger partial charge on any atom is -0.267 e. The van der Waals surface area contributed by atoms with Crippen molar-refractivity contribution in [3.05, 3.63) is 125 Å². The quantitative estimate of drug-likeness (QED) is 0.153. The number of rotatable bonds is 7. The highest BCUT2D eigenvalue weighted by atomic mass is 35.5. The Labute approximate surface area is 233 Å². The third kappa shape index (κ3) is 5.09. The Kier molecular flexibility index (Phi) is 6.96. The standard InChI is InChI=1S/C30H21ClN4OS2/c31-22-13-15-25(16-14-22)38-20-27-26(30(36)35(32-27)24-10-5-2-6-11-24)18-21-19-34(23-8-3-1-4-9-23)33-29(21)28-12-7-17-37-28/h1-19H,20H2/b26-18+. The van der Waals surface area contributed by atoms with Crippen molar-refractivity contribution >= 4 is 58.1 Å². The van der Waals surface area contributed by atoms with Crippen LogP contribution in [-0.2, 0) is 4.79 Å². The molecule has 3 aromatic carbocycles. The predicted octanol–water partition coefficient (Wildman–Crippen LogP) is 7.83. The Morgan fingerprint density at radius 3 is 2.26 bits per heavy atom. The van der Waals surface area contributed by atoms with Crippen LogP contribution in [0.25, 0.3) is 22.3 Å². The number of nitrogens with zero attached hydrogens (tertiary/aromatic N) is 4. The number of carbonyl (C=O) groups is 1. The fraction of sp³-hybridized carbons (Fsp3) is 0.0333. The molecule has 0 unspecified atom stereocenters. The Morgan fingerprint density at radius 2 is 1.58 bits per heavy atom. The number of benzene rings is 3. The molecule has 5 nitrogen and oxygen atoms in total. The number of hydrogen-bond donors (Lipinski definition) is 0. The van der Waals surface area contributed by atoms with Crippen LogP contribution in [0.5, 0.6) is 0 Å². The topological polar surface area (TPSA) is 50.5 Å². The van der Waals surface area contributed by atoms with Crippen LogP contribution in [0.1, 0.15) is 5.56 Å². The van der Waals surface area contributed by atoms with Gasteiger partial charge in [0.15, 0.2) is 0 Å². The summed E-state index contributed by atoms with van der Waals surface area (Å²) in [7, 11) is 0. The first-order chi connectivity index (χ1) is 18.7. The van der Waals surface area contributed by atoms with E-state index < -0.39 is 0 Å². The van der Waals surface area contributed by atoms with Gasteiger partial charge in [0, 0.05) is 27.4 Å². The van der Waals surface area contributed by atoms with Gasteiger partial charge in [-0.05, 0) is 66.1 Å². The zero-order valence-electron chi connectivity index (χ0n) is 20.1. The van der Waals surface area contributed by atoms with Gasteiger partial charge in [-0.1, -0.05) is 54.1 Å². The molecule has 0 spiro atoms. The van der Waals surface area contributed by atoms with Gasteiger partial charge < -0.3 is 0 Å². The van der Waals surface area contributed by atoms with E-state index in [1.54, 1.807) is 23.1 Å². The van der Waals surface area contributed by atoms with Crippen LogP contribution < -0.4 is 5.01 Å². The Bertz CT molecular complexity index is 1630. The van der Waals surface area contributed by atoms with Gasteiger partial charge in [0.25, 0.3) is 5.91 Å². The molecular formula is C30H21ClN4OS2. The summed E-state index contributed by atoms with van der Waals surface area (Å²) in [6.45, 7) is 0. The van der Waals surface area contributed by atoms with E-state index in [0.717, 1.165) is 32.4 Å². The fourth-order valence-electron chi connectivity index (χ4n) is 4.10. The number of anilines is 1. The molecule has 1 amide bonds. The van der Waals surface area contributed by atoms with Crippen LogP contribution >= 0.6 is 34.7 Å². The minimum atomic E-state index is -0.160. The van der Waals surface area contributed by atoms with E-state index >= 15 is 0 Å². The maximum absolute atomic E-state index is 13.7. The molecule has 1 aliphatic heterocycles. The monoisotopic (exact) mass is 552 g/mol. The van der Waals surface area contributed by atoms with Crippen LogP contribution in [0.15, 0.2) is 124 Å². The Balaban J connectivity index is 1.41. The van der Waals surface area contributed by atoms with Crippen molar-refractivity contribution in [2.75, 3.05) is 10.8 Å². The highest BCUT2D eigenvalue weighted by molar-refractivity contribution is 8.00. The lowest BCUT2D eigenvalue weighted by molar-refractivity contribution is -0.114. The number of amides is 1. The normalized spacial score (nSPS) is 14.3. The minimum absolute atomic E-state index is 0.160. The van der Waals surface area contributed by atoms with Crippen molar-refractivity contribution < 1.29 is 4.79 Å². The summed E-state index contributed by atoms with van der Waals surface area (Å²) < 4.78 is 1.86. The van der Waals surface area contributed by atoms with E-state index in [4.69, 9.17) is 21.8 Å². The molecule has 0 atom stereocenters. The summed E-state index contributed by atoms with van der Waals surface area (Å²) in [6, 6.07) is 31.2. The average Bonchev–Trinajstić information content (AvgIpc) is 3.70. The summed E-state index contributed by atoms with van der Waals surface area (Å²) in [4.78, 5) is 15.8. The van der Waals surface area contributed by atoms with Gasteiger partial charge in [-0.25, -0.2) is 4.68 Å². The molecule has 0 aliphatic carbocycles. The van der Waals surface area contributed by atoms with E-state index in [9.17, 15) is 4.79 Å². The SMILES string of the molecule is O=C1/C(=C/c2cn(-c3ccccc3)nc2-c2cccs2)C(CSc2ccc(Cl)cc2)=NN1c1ccccc1. The molecule has 0 bridgehead atoms. The van der Waals surface area contributed by atoms with Crippen LogP contribution in [0.3, 0.4) is 0 Å². The number of aromatic nitrogens is 2. The van der Waals surface area contributed by atoms with Crippen molar-refractivity contribution in [3.8, 4) is 16.3 Å². The first kappa shape index (κ1) is 24.4. The molecule has 0 radical (unpaired) electrons. The number of carbonyl (C=O) groups excluding carboxylic acids is 1. The second-order valence-corrected chi connectivity index (χ2v) is 10.9. The van der Waals surface area contributed by atoms with Gasteiger partial charge >= 0.3 is 0 Å². The maximum atomic E-state index is 13.7. The van der Waals surface area contributed by atoms with E-state index in [2.05, 4.69) is 0 Å². The molecule has 0 saturated carbocycles. The van der Waals surface area contributed by atoms with Crippen LogP contribution in [-0.4, -0.2) is 27.2 Å². The smallest absolute Gasteiger partial charge is 0.267 e. The van der Waals surface area contributed by atoms with E-state index in [0.29, 0.717) is 22.1 Å². The molecule has 186 valence electrons. The molecule has 0 saturated heterocycles. The van der Waals surface area contributed by atoms with Crippen LogP contribution in [0, 0.1) is 0 Å². The summed E-state index contributed by atoms with van der Waals surface area (Å²) in [5.41, 5.74) is 4.63. The average molecular weight is 553 g/mol. The molecule has 5 aromatic rings. The molecule has 38 heavy (non-hydrogen) atoms. The van der Waals surface area contributed by atoms with Crippen LogP contribution in [0.4, 0.5) is 5.69 Å². The third-order valence-corrected chi connectivity index (χ3v) is 8.11. The second-order valence-electron chi connectivity index (χ2n) is 8.49. The Hall–Kier alpha value is -3.91. The molecule has 8 heteroatoms. The molecule has 3 heterocycles. The summed E-state index contributed by atoms with van der Waals surface area (Å²) >= 11 is 9.30. The van der Waals surface area contributed by atoms with E-state index in [-0.39, 0.29) is 5.91 Å². The molecule has 2 aromatic heterocycles. The van der Waals surface area contributed by atoms with Gasteiger partial charge in [-0.2, -0.15) is 15.2 Å². The lowest BCUT2D eigenvalue weighted by Gasteiger charge is -2.10. The molecule has 1 aliphatic rings. The fourth-order valence-corrected chi connectivity index (χ4v) is 5.80. The second kappa shape index (κ2) is 10.8. The van der Waals surface area contributed by atoms with Gasteiger partial charge in [0.1, 0.15) is 5.69 Å². The Morgan fingerprint density at radius 1 is 0.868 bits per heavy atom. The van der Waals surface area contributed by atoms with Gasteiger partial charge in [0.05, 0.1) is 27.5 Å². The van der Waals surface area contributed by atoms with Crippen molar-refractivity contribution in [2.24, 2.45) is 5.10 Å². The first-order valence-electron chi connectivity index (χ1n) is 11.9. The van der Waals surface area contributed by atoms with E-state index in [1.165, 1.54) is 5.01 Å². The summed E-state index contributed by atoms with van der Waals surface area (Å²) in [6.07, 6.45) is 3.90. The largest absolute Gasteiger partial charge is 0.280 e. The highest BCUT2D eigenvalue weighted by Gasteiger charge is 2.31. The predicted molar refractivity (Wildman–Crippen MR) is 158 cm³/mol. The van der Waals surface area contributed by atoms with E-state index in [1.807, 2.05) is 119 Å². The van der Waals surface area contributed by atoms with Crippen molar-refractivity contribution in [3.63, 3.8) is 0 Å². The number of para-hydroxylation sites is 2. The summed E-state index contributed by atoms with van der Waals surface area (Å²) in [5.74, 6) is 0.372. The molecule has 0 N–H and O–H groups in total. The number of hydrogen-bond acceptors (Lipinski definition) is 5. The number of thioether (sulfide) groups is 1. The van der Waals surface area contributed by atoms with Crippen molar-refractivity contribution in [1.29, 1.82) is 0 Å². The zero-order valence-corrected chi connectivity index (χ0v) is 22.5. The van der Waals surface area contributed by atoms with Crippen molar-refractivity contribution in [2.45, 2.75) is 4.90 Å².